The SMILES string of the molecule is COc1ccc(CCN2C(=O)C(O)=C(C(=O)c3ccco3)C2c2cccnc2)cc1OC. The molecule has 3 aromatic rings. The van der Waals surface area contributed by atoms with Crippen LogP contribution in [0.5, 0.6) is 11.5 Å². The van der Waals surface area contributed by atoms with Gasteiger partial charge < -0.3 is 23.9 Å². The molecule has 0 saturated carbocycles. The van der Waals surface area contributed by atoms with E-state index in [9.17, 15) is 14.7 Å². The highest BCUT2D eigenvalue weighted by Crippen LogP contribution is 2.39. The van der Waals surface area contributed by atoms with Gasteiger partial charge in [0.15, 0.2) is 23.0 Å². The standard InChI is InChI=1S/C24H22N2O6/c1-30-17-8-7-15(13-19(17)31-2)9-11-26-21(16-5-3-10-25-14-16)20(23(28)24(26)29)22(27)18-6-4-12-32-18/h3-8,10,12-14,21,28H,9,11H2,1-2H3. The first-order chi connectivity index (χ1) is 15.5. The number of methoxy groups -OCH3 is 2. The first kappa shape index (κ1) is 21.2. The molecule has 1 N–H and O–H groups in total. The van der Waals surface area contributed by atoms with Crippen LogP contribution in [0.3, 0.4) is 0 Å². The van der Waals surface area contributed by atoms with E-state index in [-0.39, 0.29) is 17.9 Å². The van der Waals surface area contributed by atoms with Gasteiger partial charge in [-0.2, -0.15) is 0 Å². The van der Waals surface area contributed by atoms with Crippen molar-refractivity contribution in [3.05, 3.63) is 89.3 Å². The maximum absolute atomic E-state index is 13.1. The molecule has 1 aromatic carbocycles. The van der Waals surface area contributed by atoms with Gasteiger partial charge in [0.1, 0.15) is 0 Å². The molecule has 8 nitrogen and oxygen atoms in total. The van der Waals surface area contributed by atoms with E-state index in [0.29, 0.717) is 23.5 Å². The molecule has 1 aliphatic rings. The zero-order valence-electron chi connectivity index (χ0n) is 17.6. The second-order valence-corrected chi connectivity index (χ2v) is 7.20. The van der Waals surface area contributed by atoms with Gasteiger partial charge in [0, 0.05) is 18.9 Å². The number of aliphatic hydroxyl groups is 1. The van der Waals surface area contributed by atoms with Gasteiger partial charge in [-0.05, 0) is 47.9 Å². The smallest absolute Gasteiger partial charge is 0.290 e. The summed E-state index contributed by atoms with van der Waals surface area (Å²) in [5, 5.41) is 10.6. The Bertz CT molecular complexity index is 1150. The summed E-state index contributed by atoms with van der Waals surface area (Å²) in [4.78, 5) is 31.7. The van der Waals surface area contributed by atoms with Crippen molar-refractivity contribution in [3.8, 4) is 11.5 Å². The van der Waals surface area contributed by atoms with Crippen LogP contribution in [0.4, 0.5) is 0 Å². The number of carbonyl (C=O) groups is 2. The highest BCUT2D eigenvalue weighted by Gasteiger charge is 2.44. The fraction of sp³-hybridized carbons (Fsp3) is 0.208. The second-order valence-electron chi connectivity index (χ2n) is 7.20. The summed E-state index contributed by atoms with van der Waals surface area (Å²) >= 11 is 0. The lowest BCUT2D eigenvalue weighted by Gasteiger charge is -2.26. The Morgan fingerprint density at radius 3 is 2.62 bits per heavy atom. The quantitative estimate of drug-likeness (QED) is 0.541. The zero-order chi connectivity index (χ0) is 22.7. The summed E-state index contributed by atoms with van der Waals surface area (Å²) < 4.78 is 15.8. The van der Waals surface area contributed by atoms with Crippen LogP contribution in [-0.2, 0) is 11.2 Å². The molecule has 1 unspecified atom stereocenters. The molecule has 2 aromatic heterocycles. The number of nitrogens with zero attached hydrogens (tertiary/aromatic N) is 2. The van der Waals surface area contributed by atoms with Crippen LogP contribution in [0.2, 0.25) is 0 Å². The molecule has 0 fully saturated rings. The van der Waals surface area contributed by atoms with Gasteiger partial charge in [-0.25, -0.2) is 0 Å². The van der Waals surface area contributed by atoms with Crippen molar-refractivity contribution in [1.29, 1.82) is 0 Å². The van der Waals surface area contributed by atoms with Crippen molar-refractivity contribution in [3.63, 3.8) is 0 Å². The van der Waals surface area contributed by atoms with Gasteiger partial charge in [-0.3, -0.25) is 14.6 Å². The molecule has 0 spiro atoms. The summed E-state index contributed by atoms with van der Waals surface area (Å²) in [5.41, 5.74) is 1.50. The summed E-state index contributed by atoms with van der Waals surface area (Å²) in [7, 11) is 3.11. The molecule has 164 valence electrons. The van der Waals surface area contributed by atoms with E-state index in [0.717, 1.165) is 5.56 Å². The first-order valence-corrected chi connectivity index (χ1v) is 9.98. The number of hydrogen-bond acceptors (Lipinski definition) is 7. The lowest BCUT2D eigenvalue weighted by molar-refractivity contribution is -0.129. The number of carbonyl (C=O) groups excluding carboxylic acids is 2. The van der Waals surface area contributed by atoms with Crippen LogP contribution in [0.15, 0.2) is 76.9 Å². The molecule has 0 saturated heterocycles. The minimum atomic E-state index is -0.783. The van der Waals surface area contributed by atoms with Crippen molar-refractivity contribution >= 4 is 11.7 Å². The number of pyridine rings is 1. The summed E-state index contributed by atoms with van der Waals surface area (Å²) in [6.45, 7) is 0.257. The van der Waals surface area contributed by atoms with Gasteiger partial charge in [-0.1, -0.05) is 12.1 Å². The Morgan fingerprint density at radius 2 is 1.97 bits per heavy atom. The number of benzene rings is 1. The van der Waals surface area contributed by atoms with Gasteiger partial charge in [-0.15, -0.1) is 0 Å². The summed E-state index contributed by atoms with van der Waals surface area (Å²) in [6.07, 6.45) is 5.02. The number of aliphatic hydroxyl groups excluding tert-OH is 1. The zero-order valence-corrected chi connectivity index (χ0v) is 17.6. The monoisotopic (exact) mass is 434 g/mol. The van der Waals surface area contributed by atoms with Gasteiger partial charge >= 0.3 is 0 Å². The van der Waals surface area contributed by atoms with Crippen molar-refractivity contribution in [1.82, 2.24) is 9.88 Å². The number of furan rings is 1. The van der Waals surface area contributed by atoms with E-state index in [1.807, 2.05) is 12.1 Å². The normalized spacial score (nSPS) is 15.9. The first-order valence-electron chi connectivity index (χ1n) is 9.98. The van der Waals surface area contributed by atoms with Crippen LogP contribution in [0.25, 0.3) is 0 Å². The lowest BCUT2D eigenvalue weighted by Crippen LogP contribution is -2.33. The number of hydrogen-bond donors (Lipinski definition) is 1. The Balaban J connectivity index is 1.66. The van der Waals surface area contributed by atoms with E-state index < -0.39 is 23.5 Å². The predicted molar refractivity (Wildman–Crippen MR) is 115 cm³/mol. The van der Waals surface area contributed by atoms with E-state index in [1.165, 1.54) is 17.2 Å². The van der Waals surface area contributed by atoms with Crippen LogP contribution < -0.4 is 9.47 Å². The van der Waals surface area contributed by atoms with E-state index in [4.69, 9.17) is 13.9 Å². The van der Waals surface area contributed by atoms with Crippen LogP contribution in [0, 0.1) is 0 Å². The number of Topliss-reactive ketones (excluding diaryl/α,β-unsaturated/α-hetero) is 1. The average Bonchev–Trinajstić information content (AvgIpc) is 3.45. The topological polar surface area (TPSA) is 102 Å². The molecule has 1 aliphatic heterocycles. The molecule has 0 aliphatic carbocycles. The van der Waals surface area contributed by atoms with Gasteiger partial charge in [0.2, 0.25) is 5.78 Å². The molecule has 1 atom stereocenters. The van der Waals surface area contributed by atoms with Crippen molar-refractivity contribution < 1.29 is 28.6 Å². The fourth-order valence-electron chi connectivity index (χ4n) is 3.83. The Morgan fingerprint density at radius 1 is 1.16 bits per heavy atom. The minimum Gasteiger partial charge on any atom is -0.503 e. The molecule has 4 rings (SSSR count). The van der Waals surface area contributed by atoms with Crippen LogP contribution in [0.1, 0.15) is 27.7 Å². The number of rotatable bonds is 8. The largest absolute Gasteiger partial charge is 0.503 e. The Labute approximate surface area is 184 Å². The van der Waals surface area contributed by atoms with E-state index in [1.54, 1.807) is 50.9 Å². The maximum Gasteiger partial charge on any atom is 0.290 e. The van der Waals surface area contributed by atoms with Crippen molar-refractivity contribution in [2.75, 3.05) is 20.8 Å². The van der Waals surface area contributed by atoms with Gasteiger partial charge in [0.05, 0.1) is 32.1 Å². The third-order valence-corrected chi connectivity index (χ3v) is 5.38. The summed E-state index contributed by atoms with van der Waals surface area (Å²) in [5.74, 6) is -0.497. The average molecular weight is 434 g/mol. The molecule has 8 heteroatoms. The lowest BCUT2D eigenvalue weighted by atomic mass is 9.96. The third kappa shape index (κ3) is 3.82. The predicted octanol–water partition coefficient (Wildman–Crippen LogP) is 3.51. The maximum atomic E-state index is 13.1. The Hall–Kier alpha value is -4.07. The Kier molecular flexibility index (Phi) is 5.93. The summed E-state index contributed by atoms with van der Waals surface area (Å²) in [6, 6.07) is 11.3. The van der Waals surface area contributed by atoms with Crippen molar-refractivity contribution in [2.45, 2.75) is 12.5 Å². The number of aromatic nitrogens is 1. The fourth-order valence-corrected chi connectivity index (χ4v) is 3.83. The number of ether oxygens (including phenoxy) is 2. The molecular weight excluding hydrogens is 412 g/mol. The highest BCUT2D eigenvalue weighted by atomic mass is 16.5. The minimum absolute atomic E-state index is 0.0229. The molecule has 1 amide bonds. The van der Waals surface area contributed by atoms with E-state index in [2.05, 4.69) is 4.98 Å². The number of ketones is 1. The second kappa shape index (κ2) is 8.97. The molecular formula is C24H22N2O6. The van der Waals surface area contributed by atoms with Crippen LogP contribution in [-0.4, -0.2) is 47.4 Å². The third-order valence-electron chi connectivity index (χ3n) is 5.38. The molecule has 32 heavy (non-hydrogen) atoms. The number of amides is 1. The molecule has 0 bridgehead atoms. The van der Waals surface area contributed by atoms with Crippen molar-refractivity contribution in [2.24, 2.45) is 0 Å². The van der Waals surface area contributed by atoms with Crippen LogP contribution >= 0.6 is 0 Å². The van der Waals surface area contributed by atoms with E-state index >= 15 is 0 Å². The molecule has 0 radical (unpaired) electrons. The van der Waals surface area contributed by atoms with Gasteiger partial charge in [0.25, 0.3) is 5.91 Å². The highest BCUT2D eigenvalue weighted by molar-refractivity contribution is 6.15. The molecule has 3 heterocycles.